The van der Waals surface area contributed by atoms with Crippen LogP contribution >= 0.6 is 0 Å². The maximum absolute atomic E-state index is 14.2. The zero-order chi connectivity index (χ0) is 30.0. The molecular weight excluding hydrogens is 562 g/mol. The van der Waals surface area contributed by atoms with E-state index in [4.69, 9.17) is 25.4 Å². The molecule has 1 aliphatic heterocycles. The van der Waals surface area contributed by atoms with Gasteiger partial charge in [0.15, 0.2) is 22.4 Å². The van der Waals surface area contributed by atoms with Crippen molar-refractivity contribution in [2.24, 2.45) is 11.7 Å². The van der Waals surface area contributed by atoms with Gasteiger partial charge in [0.2, 0.25) is 0 Å². The third-order valence-electron chi connectivity index (χ3n) is 7.69. The quantitative estimate of drug-likeness (QED) is 0.236. The van der Waals surface area contributed by atoms with Crippen LogP contribution in [0.2, 0.25) is 0 Å². The smallest absolute Gasteiger partial charge is 0.414 e. The Kier molecular flexibility index (Phi) is 6.31. The predicted octanol–water partition coefficient (Wildman–Crippen LogP) is 3.76. The van der Waals surface area contributed by atoms with E-state index in [1.807, 2.05) is 0 Å². The summed E-state index contributed by atoms with van der Waals surface area (Å²) in [4.78, 5) is 21.7. The van der Waals surface area contributed by atoms with E-state index in [1.54, 1.807) is 0 Å². The number of methoxy groups -OCH3 is 1. The van der Waals surface area contributed by atoms with Gasteiger partial charge in [-0.25, -0.2) is 9.37 Å². The summed E-state index contributed by atoms with van der Waals surface area (Å²) in [5.41, 5.74) is 7.03. The number of nitrogen functional groups attached to an aromatic ring is 1. The van der Waals surface area contributed by atoms with Crippen LogP contribution in [0.5, 0.6) is 11.5 Å². The van der Waals surface area contributed by atoms with E-state index in [2.05, 4.69) is 15.3 Å². The highest BCUT2D eigenvalue weighted by atomic mass is 19.4. The van der Waals surface area contributed by atoms with Crippen molar-refractivity contribution in [3.05, 3.63) is 65.1 Å². The molecule has 220 valence electrons. The van der Waals surface area contributed by atoms with Crippen LogP contribution in [0.15, 0.2) is 46.9 Å². The summed E-state index contributed by atoms with van der Waals surface area (Å²) in [7, 11) is 1.38. The first kappa shape index (κ1) is 27.7. The van der Waals surface area contributed by atoms with Gasteiger partial charge in [-0.05, 0) is 61.2 Å². The number of carbonyl (C=O) groups excluding carboxylic acids is 1. The number of halogens is 4. The SMILES string of the molecule is COc1cc(C(=O)NC[C@](O)(c2cc3c(c(-c4ccc(F)cc4)n2)OC[C@@]3(N)C(F)(F)F)C2CC2)cc2oc(N)nc12. The summed E-state index contributed by atoms with van der Waals surface area (Å²) in [6, 6.07) is 8.72. The number of aliphatic hydroxyl groups is 1. The standard InChI is InChI=1S/C28H25F4N5O5/c1-40-18-8-14(9-19-22(18)37-25(33)42-19)24(38)35-11-26(39,15-4-5-15)20-10-17-23(41-12-27(17,34)28(30,31)32)21(36-20)13-2-6-16(29)7-3-13/h2-3,6-10,15,39H,4-5,11-12,34H2,1H3,(H2,33,37)(H,35,38)/t26-,27+/m1/s1. The summed E-state index contributed by atoms with van der Waals surface area (Å²) in [6.45, 7) is -1.30. The molecule has 2 aliphatic rings. The van der Waals surface area contributed by atoms with Crippen LogP contribution in [0.4, 0.5) is 23.6 Å². The van der Waals surface area contributed by atoms with Gasteiger partial charge in [-0.3, -0.25) is 4.79 Å². The number of rotatable bonds is 7. The number of hydrogen-bond donors (Lipinski definition) is 4. The van der Waals surface area contributed by atoms with Crippen molar-refractivity contribution in [3.63, 3.8) is 0 Å². The van der Waals surface area contributed by atoms with Gasteiger partial charge in [0.25, 0.3) is 11.9 Å². The van der Waals surface area contributed by atoms with E-state index < -0.39 is 53.7 Å². The molecule has 4 aromatic rings. The lowest BCUT2D eigenvalue weighted by Crippen LogP contribution is -2.52. The number of carbonyl (C=O) groups is 1. The number of amides is 1. The van der Waals surface area contributed by atoms with Gasteiger partial charge in [-0.15, -0.1) is 0 Å². The van der Waals surface area contributed by atoms with Crippen LogP contribution in [-0.4, -0.2) is 47.4 Å². The number of nitrogens with one attached hydrogen (secondary N) is 1. The predicted molar refractivity (Wildman–Crippen MR) is 141 cm³/mol. The molecule has 1 amide bonds. The van der Waals surface area contributed by atoms with Crippen molar-refractivity contribution in [1.82, 2.24) is 15.3 Å². The Morgan fingerprint density at radius 3 is 2.55 bits per heavy atom. The number of benzene rings is 2. The minimum atomic E-state index is -4.90. The van der Waals surface area contributed by atoms with E-state index in [0.29, 0.717) is 18.4 Å². The Morgan fingerprint density at radius 1 is 1.19 bits per heavy atom. The molecule has 1 fully saturated rings. The van der Waals surface area contributed by atoms with Crippen molar-refractivity contribution < 1.29 is 41.4 Å². The molecule has 2 atom stereocenters. The first-order valence-corrected chi connectivity index (χ1v) is 12.9. The van der Waals surface area contributed by atoms with Crippen LogP contribution in [0.3, 0.4) is 0 Å². The maximum atomic E-state index is 14.2. The Hall–Kier alpha value is -4.43. The fourth-order valence-corrected chi connectivity index (χ4v) is 5.16. The number of nitrogens with zero attached hydrogens (tertiary/aromatic N) is 2. The van der Waals surface area contributed by atoms with E-state index in [-0.39, 0.29) is 45.6 Å². The van der Waals surface area contributed by atoms with Gasteiger partial charge in [-0.1, -0.05) is 0 Å². The second-order valence-electron chi connectivity index (χ2n) is 10.5. The molecule has 42 heavy (non-hydrogen) atoms. The van der Waals surface area contributed by atoms with Crippen LogP contribution in [0.25, 0.3) is 22.4 Å². The number of ether oxygens (including phenoxy) is 2. The molecular formula is C28H25F4N5O5. The van der Waals surface area contributed by atoms with E-state index in [9.17, 15) is 27.5 Å². The van der Waals surface area contributed by atoms with E-state index in [1.165, 1.54) is 31.4 Å². The normalized spacial score (nSPS) is 19.7. The topological polar surface area (TPSA) is 159 Å². The number of alkyl halides is 3. The highest BCUT2D eigenvalue weighted by Crippen LogP contribution is 2.52. The number of nitrogens with two attached hydrogens (primary N) is 2. The van der Waals surface area contributed by atoms with Gasteiger partial charge < -0.3 is 35.8 Å². The summed E-state index contributed by atoms with van der Waals surface area (Å²) < 4.78 is 72.3. The largest absolute Gasteiger partial charge is 0.494 e. The van der Waals surface area contributed by atoms with Gasteiger partial charge in [0.05, 0.1) is 19.3 Å². The van der Waals surface area contributed by atoms with E-state index in [0.717, 1.165) is 18.2 Å². The Labute approximate surface area is 235 Å². The molecule has 2 aromatic carbocycles. The van der Waals surface area contributed by atoms with Crippen LogP contribution < -0.4 is 26.3 Å². The van der Waals surface area contributed by atoms with Crippen molar-refractivity contribution in [2.45, 2.75) is 30.2 Å². The average Bonchev–Trinajstić information content (AvgIpc) is 3.66. The molecule has 0 spiro atoms. The first-order valence-electron chi connectivity index (χ1n) is 12.9. The lowest BCUT2D eigenvalue weighted by molar-refractivity contribution is -0.191. The van der Waals surface area contributed by atoms with E-state index >= 15 is 0 Å². The lowest BCUT2D eigenvalue weighted by atomic mass is 9.86. The van der Waals surface area contributed by atoms with Gasteiger partial charge in [0, 0.05) is 16.7 Å². The highest BCUT2D eigenvalue weighted by Gasteiger charge is 2.59. The minimum Gasteiger partial charge on any atom is -0.494 e. The molecule has 0 unspecified atom stereocenters. The molecule has 14 heteroatoms. The van der Waals surface area contributed by atoms with Crippen molar-refractivity contribution >= 4 is 23.0 Å². The maximum Gasteiger partial charge on any atom is 0.414 e. The van der Waals surface area contributed by atoms with Crippen LogP contribution in [-0.2, 0) is 11.1 Å². The molecule has 3 heterocycles. The molecule has 2 aromatic heterocycles. The second-order valence-corrected chi connectivity index (χ2v) is 10.5. The third kappa shape index (κ3) is 4.47. The molecule has 0 bridgehead atoms. The number of anilines is 1. The minimum absolute atomic E-state index is 0.0393. The lowest BCUT2D eigenvalue weighted by Gasteiger charge is -2.31. The van der Waals surface area contributed by atoms with Crippen LogP contribution in [0.1, 0.15) is 34.5 Å². The molecule has 1 aliphatic carbocycles. The van der Waals surface area contributed by atoms with Crippen LogP contribution in [0, 0.1) is 11.7 Å². The fourth-order valence-electron chi connectivity index (χ4n) is 5.16. The van der Waals surface area contributed by atoms with Gasteiger partial charge >= 0.3 is 6.18 Å². The number of oxazole rings is 1. The molecule has 6 rings (SSSR count). The Balaban J connectivity index is 1.40. The summed E-state index contributed by atoms with van der Waals surface area (Å²) in [5, 5.41) is 14.6. The Morgan fingerprint density at radius 2 is 1.90 bits per heavy atom. The number of pyridine rings is 1. The Bertz CT molecular complexity index is 1710. The summed E-state index contributed by atoms with van der Waals surface area (Å²) in [6.07, 6.45) is -3.82. The third-order valence-corrected chi connectivity index (χ3v) is 7.69. The molecule has 10 nitrogen and oxygen atoms in total. The van der Waals surface area contributed by atoms with Gasteiger partial charge in [-0.2, -0.15) is 18.2 Å². The van der Waals surface area contributed by atoms with Crippen molar-refractivity contribution in [2.75, 3.05) is 26.0 Å². The second kappa shape index (κ2) is 9.56. The van der Waals surface area contributed by atoms with Crippen molar-refractivity contribution in [1.29, 1.82) is 0 Å². The zero-order valence-electron chi connectivity index (χ0n) is 22.1. The monoisotopic (exact) mass is 587 g/mol. The van der Waals surface area contributed by atoms with Crippen molar-refractivity contribution in [3.8, 4) is 22.8 Å². The molecule has 6 N–H and O–H groups in total. The summed E-state index contributed by atoms with van der Waals surface area (Å²) in [5.74, 6) is -1.59. The first-order chi connectivity index (χ1) is 19.8. The number of aromatic nitrogens is 2. The highest BCUT2D eigenvalue weighted by molar-refractivity contribution is 5.99. The zero-order valence-corrected chi connectivity index (χ0v) is 22.1. The molecule has 0 radical (unpaired) electrons. The number of fused-ring (bicyclic) bond motifs is 2. The fraction of sp³-hybridized carbons (Fsp3) is 0.321. The number of hydrogen-bond acceptors (Lipinski definition) is 9. The summed E-state index contributed by atoms with van der Waals surface area (Å²) >= 11 is 0. The molecule has 1 saturated carbocycles. The average molecular weight is 588 g/mol. The molecule has 0 saturated heterocycles. The van der Waals surface area contributed by atoms with Gasteiger partial charge in [0.1, 0.15) is 29.5 Å².